The second kappa shape index (κ2) is 8.07. The maximum Gasteiger partial charge on any atom is 0.253 e. The van der Waals surface area contributed by atoms with Gasteiger partial charge in [-0.15, -0.1) is 0 Å². The number of aromatic nitrogens is 2. The maximum atomic E-state index is 12.7. The molecule has 2 heterocycles. The van der Waals surface area contributed by atoms with E-state index < -0.39 is 0 Å². The molecule has 1 aliphatic rings. The summed E-state index contributed by atoms with van der Waals surface area (Å²) in [4.78, 5) is 23.2. The zero-order valence-electron chi connectivity index (χ0n) is 14.6. The van der Waals surface area contributed by atoms with Gasteiger partial charge in [0.05, 0.1) is 13.7 Å². The number of hydrogen-bond donors (Lipinski definition) is 0. The van der Waals surface area contributed by atoms with Gasteiger partial charge in [0.1, 0.15) is 0 Å². The Bertz CT molecular complexity index is 716. The highest BCUT2D eigenvalue weighted by molar-refractivity contribution is 5.94. The van der Waals surface area contributed by atoms with Gasteiger partial charge in [0.2, 0.25) is 5.88 Å². The number of carbonyl (C=O) groups excluding carboxylic acids is 1. The molecule has 1 amide bonds. The highest BCUT2D eigenvalue weighted by Crippen LogP contribution is 2.21. The van der Waals surface area contributed by atoms with Crippen LogP contribution in [0.25, 0.3) is 11.4 Å². The Hall–Kier alpha value is -2.47. The fraction of sp³-hybridized carbons (Fsp3) is 0.421. The van der Waals surface area contributed by atoms with Gasteiger partial charge in [-0.2, -0.15) is 4.98 Å². The van der Waals surface area contributed by atoms with Gasteiger partial charge in [-0.1, -0.05) is 12.1 Å². The summed E-state index contributed by atoms with van der Waals surface area (Å²) in [6.07, 6.45) is 3.79. The molecule has 0 radical (unpaired) electrons. The van der Waals surface area contributed by atoms with Crippen molar-refractivity contribution >= 4 is 5.91 Å². The Morgan fingerprint density at radius 3 is 2.76 bits per heavy atom. The van der Waals surface area contributed by atoms with Crippen molar-refractivity contribution in [3.63, 3.8) is 0 Å². The third kappa shape index (κ3) is 4.14. The quantitative estimate of drug-likeness (QED) is 0.836. The Morgan fingerprint density at radius 1 is 1.24 bits per heavy atom. The highest BCUT2D eigenvalue weighted by Gasteiger charge is 2.24. The molecule has 6 heteroatoms. The SMILES string of the molecule is COCC1CCCN(C(=O)c2ccc(-c3nccc(OC)n3)cc2)C1. The number of benzene rings is 1. The van der Waals surface area contributed by atoms with E-state index in [1.165, 1.54) is 0 Å². The van der Waals surface area contributed by atoms with Crippen LogP contribution in [0.1, 0.15) is 23.2 Å². The molecule has 1 fully saturated rings. The van der Waals surface area contributed by atoms with Gasteiger partial charge in [0.15, 0.2) is 5.82 Å². The lowest BCUT2D eigenvalue weighted by Gasteiger charge is -2.32. The number of nitrogens with zero attached hydrogens (tertiary/aromatic N) is 3. The average Bonchev–Trinajstić information content (AvgIpc) is 2.68. The fourth-order valence-corrected chi connectivity index (χ4v) is 3.16. The summed E-state index contributed by atoms with van der Waals surface area (Å²) in [5.41, 5.74) is 1.54. The molecule has 1 aromatic carbocycles. The Labute approximate surface area is 147 Å². The normalized spacial score (nSPS) is 17.4. The molecule has 0 N–H and O–H groups in total. The minimum Gasteiger partial charge on any atom is -0.481 e. The number of likely N-dealkylation sites (tertiary alicyclic amines) is 1. The van der Waals surface area contributed by atoms with E-state index in [-0.39, 0.29) is 5.91 Å². The summed E-state index contributed by atoms with van der Waals surface area (Å²) in [6.45, 7) is 2.27. The molecule has 0 bridgehead atoms. The molecular weight excluding hydrogens is 318 g/mol. The van der Waals surface area contributed by atoms with Gasteiger partial charge in [-0.05, 0) is 30.9 Å². The third-order valence-corrected chi connectivity index (χ3v) is 4.44. The van der Waals surface area contributed by atoms with Crippen LogP contribution in [0.15, 0.2) is 36.5 Å². The van der Waals surface area contributed by atoms with E-state index in [0.717, 1.165) is 31.5 Å². The number of rotatable bonds is 5. The average molecular weight is 341 g/mol. The minimum atomic E-state index is 0.0684. The van der Waals surface area contributed by atoms with Crippen molar-refractivity contribution in [3.05, 3.63) is 42.1 Å². The summed E-state index contributed by atoms with van der Waals surface area (Å²) < 4.78 is 10.4. The van der Waals surface area contributed by atoms with Crippen molar-refractivity contribution in [1.29, 1.82) is 0 Å². The molecule has 6 nitrogen and oxygen atoms in total. The van der Waals surface area contributed by atoms with Crippen LogP contribution in [0.2, 0.25) is 0 Å². The van der Waals surface area contributed by atoms with Crippen molar-refractivity contribution in [2.24, 2.45) is 5.92 Å². The van der Waals surface area contributed by atoms with Crippen molar-refractivity contribution in [1.82, 2.24) is 14.9 Å². The Kier molecular flexibility index (Phi) is 5.60. The van der Waals surface area contributed by atoms with Crippen molar-refractivity contribution < 1.29 is 14.3 Å². The predicted molar refractivity (Wildman–Crippen MR) is 94.5 cm³/mol. The summed E-state index contributed by atoms with van der Waals surface area (Å²) in [5, 5.41) is 0. The van der Waals surface area contributed by atoms with Crippen molar-refractivity contribution in [2.45, 2.75) is 12.8 Å². The summed E-state index contributed by atoms with van der Waals surface area (Å²) in [7, 11) is 3.28. The van der Waals surface area contributed by atoms with Crippen LogP contribution in [0.3, 0.4) is 0 Å². The molecule has 3 rings (SSSR count). The standard InChI is InChI=1S/C19H23N3O3/c1-24-13-14-4-3-11-22(12-14)19(23)16-7-5-15(6-8-16)18-20-10-9-17(21-18)25-2/h5-10,14H,3-4,11-13H2,1-2H3. The Balaban J connectivity index is 1.72. The minimum absolute atomic E-state index is 0.0684. The Morgan fingerprint density at radius 2 is 2.04 bits per heavy atom. The molecule has 1 saturated heterocycles. The van der Waals surface area contributed by atoms with E-state index >= 15 is 0 Å². The van der Waals surface area contributed by atoms with E-state index in [4.69, 9.17) is 9.47 Å². The second-order valence-electron chi connectivity index (χ2n) is 6.21. The fourth-order valence-electron chi connectivity index (χ4n) is 3.16. The highest BCUT2D eigenvalue weighted by atomic mass is 16.5. The predicted octanol–water partition coefficient (Wildman–Crippen LogP) is 2.65. The first-order chi connectivity index (χ1) is 12.2. The number of ether oxygens (including phenoxy) is 2. The van der Waals surface area contributed by atoms with E-state index in [1.807, 2.05) is 29.2 Å². The zero-order chi connectivity index (χ0) is 17.6. The van der Waals surface area contributed by atoms with E-state index in [1.54, 1.807) is 26.5 Å². The lowest BCUT2D eigenvalue weighted by atomic mass is 9.98. The lowest BCUT2D eigenvalue weighted by molar-refractivity contribution is 0.0571. The maximum absolute atomic E-state index is 12.7. The first-order valence-electron chi connectivity index (χ1n) is 8.47. The topological polar surface area (TPSA) is 64.5 Å². The van der Waals surface area contributed by atoms with Crippen LogP contribution in [-0.2, 0) is 4.74 Å². The first-order valence-corrected chi connectivity index (χ1v) is 8.47. The molecule has 1 unspecified atom stereocenters. The van der Waals surface area contributed by atoms with Gasteiger partial charge in [-0.3, -0.25) is 4.79 Å². The van der Waals surface area contributed by atoms with E-state index in [9.17, 15) is 4.79 Å². The van der Waals surface area contributed by atoms with Gasteiger partial charge < -0.3 is 14.4 Å². The summed E-state index contributed by atoms with van der Waals surface area (Å²) in [6, 6.07) is 9.12. The number of hydrogen-bond acceptors (Lipinski definition) is 5. The number of methoxy groups -OCH3 is 2. The molecule has 132 valence electrons. The molecule has 1 aliphatic heterocycles. The lowest BCUT2D eigenvalue weighted by Crippen LogP contribution is -2.41. The second-order valence-corrected chi connectivity index (χ2v) is 6.21. The van der Waals surface area contributed by atoms with Crippen LogP contribution in [0.4, 0.5) is 0 Å². The zero-order valence-corrected chi connectivity index (χ0v) is 14.6. The van der Waals surface area contributed by atoms with Crippen LogP contribution < -0.4 is 4.74 Å². The summed E-state index contributed by atoms with van der Waals surface area (Å²) >= 11 is 0. The number of carbonyl (C=O) groups is 1. The first kappa shape index (κ1) is 17.4. The molecule has 1 atom stereocenters. The van der Waals surface area contributed by atoms with Gasteiger partial charge >= 0.3 is 0 Å². The molecule has 1 aromatic heterocycles. The molecule has 0 spiro atoms. The third-order valence-electron chi connectivity index (χ3n) is 4.44. The van der Waals surface area contributed by atoms with Crippen LogP contribution in [-0.4, -0.2) is 54.7 Å². The monoisotopic (exact) mass is 341 g/mol. The molecule has 25 heavy (non-hydrogen) atoms. The molecule has 2 aromatic rings. The molecule has 0 saturated carbocycles. The van der Waals surface area contributed by atoms with E-state index in [0.29, 0.717) is 29.8 Å². The van der Waals surface area contributed by atoms with E-state index in [2.05, 4.69) is 9.97 Å². The molecule has 0 aliphatic carbocycles. The number of piperidine rings is 1. The van der Waals surface area contributed by atoms with Crippen LogP contribution in [0.5, 0.6) is 5.88 Å². The van der Waals surface area contributed by atoms with Crippen molar-refractivity contribution in [2.75, 3.05) is 33.9 Å². The largest absolute Gasteiger partial charge is 0.481 e. The van der Waals surface area contributed by atoms with Crippen molar-refractivity contribution in [3.8, 4) is 17.3 Å². The van der Waals surface area contributed by atoms with Gasteiger partial charge in [0.25, 0.3) is 5.91 Å². The number of amides is 1. The molecular formula is C19H23N3O3. The van der Waals surface area contributed by atoms with Gasteiger partial charge in [-0.25, -0.2) is 4.98 Å². The van der Waals surface area contributed by atoms with Crippen LogP contribution in [0, 0.1) is 5.92 Å². The smallest absolute Gasteiger partial charge is 0.253 e. The van der Waals surface area contributed by atoms with Crippen LogP contribution >= 0.6 is 0 Å². The van der Waals surface area contributed by atoms with Gasteiger partial charge in [0, 0.05) is 43.6 Å². The summed E-state index contributed by atoms with van der Waals surface area (Å²) in [5.74, 6) is 1.59.